The van der Waals surface area contributed by atoms with Crippen molar-refractivity contribution in [1.82, 2.24) is 5.32 Å². The predicted octanol–water partition coefficient (Wildman–Crippen LogP) is 2.59. The van der Waals surface area contributed by atoms with Crippen LogP contribution in [0, 0.1) is 11.8 Å². The molecule has 2 aliphatic rings. The van der Waals surface area contributed by atoms with Gasteiger partial charge in [0.2, 0.25) is 5.91 Å². The average molecular weight is 252 g/mol. The molecule has 2 rings (SSSR count). The molecule has 2 aliphatic carbocycles. The van der Waals surface area contributed by atoms with Crippen molar-refractivity contribution in [2.24, 2.45) is 17.6 Å². The number of nitrogens with two attached hydrogens (primary N) is 1. The molecule has 1 amide bonds. The van der Waals surface area contributed by atoms with Crippen molar-refractivity contribution in [3.63, 3.8) is 0 Å². The molecule has 0 radical (unpaired) electrons. The number of nitrogens with one attached hydrogen (secondary N) is 1. The van der Waals surface area contributed by atoms with Crippen LogP contribution in [-0.2, 0) is 4.79 Å². The lowest BCUT2D eigenvalue weighted by Crippen LogP contribution is -2.40. The number of hydrogen-bond donors (Lipinski definition) is 2. The first kappa shape index (κ1) is 13.9. The first-order valence-electron chi connectivity index (χ1n) is 7.76. The molecular formula is C15H28N2O. The van der Waals surface area contributed by atoms with E-state index in [2.05, 4.69) is 12.2 Å². The van der Waals surface area contributed by atoms with Gasteiger partial charge in [0, 0.05) is 18.0 Å². The fourth-order valence-corrected chi connectivity index (χ4v) is 3.59. The Morgan fingerprint density at radius 1 is 1.28 bits per heavy atom. The number of hydrogen-bond acceptors (Lipinski definition) is 2. The van der Waals surface area contributed by atoms with E-state index in [-0.39, 0.29) is 17.9 Å². The van der Waals surface area contributed by atoms with Gasteiger partial charge in [-0.15, -0.1) is 0 Å². The molecule has 2 fully saturated rings. The number of carbonyl (C=O) groups excluding carboxylic acids is 1. The fourth-order valence-electron chi connectivity index (χ4n) is 3.59. The van der Waals surface area contributed by atoms with Gasteiger partial charge in [-0.05, 0) is 44.4 Å². The highest BCUT2D eigenvalue weighted by atomic mass is 16.1. The van der Waals surface area contributed by atoms with Crippen LogP contribution in [0.15, 0.2) is 0 Å². The van der Waals surface area contributed by atoms with Crippen molar-refractivity contribution in [2.45, 2.75) is 76.8 Å². The second-order valence-electron chi connectivity index (χ2n) is 6.22. The average Bonchev–Trinajstić information content (AvgIpc) is 2.96. The Bertz CT molecular complexity index is 280. The first-order valence-corrected chi connectivity index (χ1v) is 7.76. The van der Waals surface area contributed by atoms with E-state index in [0.717, 1.165) is 25.2 Å². The maximum atomic E-state index is 12.2. The molecule has 2 saturated carbocycles. The first-order chi connectivity index (χ1) is 8.70. The molecule has 4 atom stereocenters. The summed E-state index contributed by atoms with van der Waals surface area (Å²) >= 11 is 0. The van der Waals surface area contributed by atoms with Crippen molar-refractivity contribution in [1.29, 1.82) is 0 Å². The van der Waals surface area contributed by atoms with Gasteiger partial charge in [-0.1, -0.05) is 26.2 Å². The summed E-state index contributed by atoms with van der Waals surface area (Å²) in [6, 6.07) is 0.695. The fraction of sp³-hybridized carbons (Fsp3) is 0.933. The Hall–Kier alpha value is -0.570. The highest BCUT2D eigenvalue weighted by molar-refractivity contribution is 5.79. The topological polar surface area (TPSA) is 55.1 Å². The molecule has 3 nitrogen and oxygen atoms in total. The highest BCUT2D eigenvalue weighted by Gasteiger charge is 2.32. The number of unbranched alkanes of at least 4 members (excludes halogenated alkanes) is 1. The molecule has 0 aromatic heterocycles. The molecule has 0 aliphatic heterocycles. The molecule has 3 N–H and O–H groups in total. The van der Waals surface area contributed by atoms with Crippen LogP contribution in [0.5, 0.6) is 0 Å². The second kappa shape index (κ2) is 6.55. The monoisotopic (exact) mass is 252 g/mol. The van der Waals surface area contributed by atoms with E-state index in [0.29, 0.717) is 6.04 Å². The van der Waals surface area contributed by atoms with E-state index in [4.69, 9.17) is 5.73 Å². The van der Waals surface area contributed by atoms with Gasteiger partial charge in [0.25, 0.3) is 0 Å². The smallest absolute Gasteiger partial charge is 0.223 e. The van der Waals surface area contributed by atoms with Crippen molar-refractivity contribution < 1.29 is 4.79 Å². The van der Waals surface area contributed by atoms with Crippen LogP contribution in [0.4, 0.5) is 0 Å². The molecule has 3 heteroatoms. The van der Waals surface area contributed by atoms with Gasteiger partial charge in [-0.2, -0.15) is 0 Å². The minimum atomic E-state index is 0.187. The maximum absolute atomic E-state index is 12.2. The Morgan fingerprint density at radius 3 is 2.78 bits per heavy atom. The lowest BCUT2D eigenvalue weighted by Gasteiger charge is -2.22. The summed E-state index contributed by atoms with van der Waals surface area (Å²) in [5.41, 5.74) is 5.88. The summed E-state index contributed by atoms with van der Waals surface area (Å²) < 4.78 is 0. The van der Waals surface area contributed by atoms with Gasteiger partial charge in [0.05, 0.1) is 0 Å². The van der Waals surface area contributed by atoms with E-state index in [1.807, 2.05) is 0 Å². The minimum Gasteiger partial charge on any atom is -0.353 e. The third-order valence-corrected chi connectivity index (χ3v) is 4.76. The number of carbonyl (C=O) groups is 1. The molecular weight excluding hydrogens is 224 g/mol. The third-order valence-electron chi connectivity index (χ3n) is 4.76. The highest BCUT2D eigenvalue weighted by Crippen LogP contribution is 2.31. The zero-order chi connectivity index (χ0) is 13.0. The standard InChI is InChI=1S/C15H28N2O/c1-2-3-5-11-6-4-7-14(11)17-15(18)12-8-9-13(16)10-12/h11-14H,2-10,16H2,1H3,(H,17,18). The van der Waals surface area contributed by atoms with Crippen LogP contribution >= 0.6 is 0 Å². The van der Waals surface area contributed by atoms with Crippen LogP contribution in [-0.4, -0.2) is 18.0 Å². The molecule has 0 aromatic rings. The molecule has 0 spiro atoms. The van der Waals surface area contributed by atoms with Crippen LogP contribution < -0.4 is 11.1 Å². The largest absolute Gasteiger partial charge is 0.353 e. The molecule has 0 bridgehead atoms. The summed E-state index contributed by atoms with van der Waals surface area (Å²) in [6.07, 6.45) is 10.5. The van der Waals surface area contributed by atoms with Crippen molar-refractivity contribution in [3.8, 4) is 0 Å². The lowest BCUT2D eigenvalue weighted by molar-refractivity contribution is -0.125. The van der Waals surface area contributed by atoms with Crippen molar-refractivity contribution in [3.05, 3.63) is 0 Å². The maximum Gasteiger partial charge on any atom is 0.223 e. The molecule has 18 heavy (non-hydrogen) atoms. The van der Waals surface area contributed by atoms with Gasteiger partial charge < -0.3 is 11.1 Å². The molecule has 0 aromatic carbocycles. The molecule has 4 unspecified atom stereocenters. The number of rotatable bonds is 5. The summed E-state index contributed by atoms with van der Waals surface area (Å²) in [7, 11) is 0. The van der Waals surface area contributed by atoms with E-state index < -0.39 is 0 Å². The van der Waals surface area contributed by atoms with Crippen LogP contribution in [0.25, 0.3) is 0 Å². The summed E-state index contributed by atoms with van der Waals surface area (Å²) in [6.45, 7) is 2.24. The Morgan fingerprint density at radius 2 is 2.11 bits per heavy atom. The summed E-state index contributed by atoms with van der Waals surface area (Å²) in [5.74, 6) is 1.19. The SMILES string of the molecule is CCCCC1CCCC1NC(=O)C1CCC(N)C1. The van der Waals surface area contributed by atoms with Gasteiger partial charge in [0.15, 0.2) is 0 Å². The Labute approximate surface area is 111 Å². The Balaban J connectivity index is 1.79. The number of amides is 1. The van der Waals surface area contributed by atoms with E-state index >= 15 is 0 Å². The molecule has 0 heterocycles. The third kappa shape index (κ3) is 3.47. The summed E-state index contributed by atoms with van der Waals surface area (Å²) in [4.78, 5) is 12.2. The normalized spacial score (nSPS) is 35.9. The van der Waals surface area contributed by atoms with E-state index in [1.54, 1.807) is 0 Å². The van der Waals surface area contributed by atoms with Gasteiger partial charge in [-0.25, -0.2) is 0 Å². The van der Waals surface area contributed by atoms with E-state index in [9.17, 15) is 4.79 Å². The quantitative estimate of drug-likeness (QED) is 0.790. The zero-order valence-electron chi connectivity index (χ0n) is 11.7. The summed E-state index contributed by atoms with van der Waals surface area (Å²) in [5, 5.41) is 3.31. The lowest BCUT2D eigenvalue weighted by atomic mass is 9.96. The van der Waals surface area contributed by atoms with Gasteiger partial charge in [-0.3, -0.25) is 4.79 Å². The second-order valence-corrected chi connectivity index (χ2v) is 6.22. The van der Waals surface area contributed by atoms with Gasteiger partial charge in [0.1, 0.15) is 0 Å². The van der Waals surface area contributed by atoms with Crippen molar-refractivity contribution >= 4 is 5.91 Å². The Kier molecular flexibility index (Phi) is 5.04. The molecule has 104 valence electrons. The van der Waals surface area contributed by atoms with Crippen molar-refractivity contribution in [2.75, 3.05) is 0 Å². The van der Waals surface area contributed by atoms with Crippen LogP contribution in [0.2, 0.25) is 0 Å². The minimum absolute atomic E-state index is 0.187. The van der Waals surface area contributed by atoms with E-state index in [1.165, 1.54) is 38.5 Å². The van der Waals surface area contributed by atoms with Gasteiger partial charge >= 0.3 is 0 Å². The van der Waals surface area contributed by atoms with Crippen LogP contribution in [0.1, 0.15) is 64.7 Å². The molecule has 0 saturated heterocycles. The van der Waals surface area contributed by atoms with Crippen LogP contribution in [0.3, 0.4) is 0 Å². The zero-order valence-corrected chi connectivity index (χ0v) is 11.7. The predicted molar refractivity (Wildman–Crippen MR) is 74.1 cm³/mol.